The zero-order valence-electron chi connectivity index (χ0n) is 20.1. The van der Waals surface area contributed by atoms with E-state index in [-0.39, 0.29) is 17.6 Å². The Morgan fingerprint density at radius 3 is 2.34 bits per heavy atom. The Bertz CT molecular complexity index is 1210. The molecule has 0 fully saturated rings. The van der Waals surface area contributed by atoms with Gasteiger partial charge in [0.1, 0.15) is 11.6 Å². The third kappa shape index (κ3) is 6.73. The summed E-state index contributed by atoms with van der Waals surface area (Å²) in [4.78, 5) is 12.6. The third-order valence-electron chi connectivity index (χ3n) is 5.62. The topological polar surface area (TPSA) is 69.0 Å². The molecule has 1 heterocycles. The molecule has 0 aliphatic carbocycles. The number of thioether (sulfide) groups is 1. The molecule has 1 atom stereocenters. The van der Waals surface area contributed by atoms with E-state index >= 15 is 0 Å². The minimum atomic E-state index is -0.0244. The number of ether oxygens (including phenoxy) is 1. The van der Waals surface area contributed by atoms with Crippen molar-refractivity contribution >= 4 is 17.7 Å². The van der Waals surface area contributed by atoms with Crippen molar-refractivity contribution in [2.45, 2.75) is 31.3 Å². The second-order valence-corrected chi connectivity index (χ2v) is 9.17. The predicted octanol–water partition coefficient (Wildman–Crippen LogP) is 5.27. The molecule has 3 aromatic carbocycles. The van der Waals surface area contributed by atoms with Gasteiger partial charge in [-0.3, -0.25) is 9.36 Å². The summed E-state index contributed by atoms with van der Waals surface area (Å²) < 4.78 is 7.61. The summed E-state index contributed by atoms with van der Waals surface area (Å²) in [6.45, 7) is 5.28. The van der Waals surface area contributed by atoms with Gasteiger partial charge in [0.2, 0.25) is 5.91 Å². The summed E-state index contributed by atoms with van der Waals surface area (Å²) >= 11 is 1.39. The Hall–Kier alpha value is -3.58. The van der Waals surface area contributed by atoms with Gasteiger partial charge >= 0.3 is 0 Å². The molecule has 1 N–H and O–H groups in total. The fourth-order valence-corrected chi connectivity index (χ4v) is 4.55. The molecule has 0 bridgehead atoms. The van der Waals surface area contributed by atoms with Gasteiger partial charge in [0.25, 0.3) is 0 Å². The van der Waals surface area contributed by atoms with Crippen LogP contribution in [0.15, 0.2) is 90.1 Å². The lowest BCUT2D eigenvalue weighted by molar-refractivity contribution is -0.118. The van der Waals surface area contributed by atoms with Gasteiger partial charge in [-0.05, 0) is 48.2 Å². The van der Waals surface area contributed by atoms with Crippen LogP contribution in [0, 0.1) is 0 Å². The molecule has 1 amide bonds. The van der Waals surface area contributed by atoms with Gasteiger partial charge in [-0.1, -0.05) is 79.3 Å². The normalized spacial score (nSPS) is 11.7. The molecule has 0 radical (unpaired) electrons. The van der Waals surface area contributed by atoms with Gasteiger partial charge < -0.3 is 10.1 Å². The molecule has 7 heteroatoms. The van der Waals surface area contributed by atoms with Crippen LogP contribution in [-0.2, 0) is 11.2 Å². The van der Waals surface area contributed by atoms with Crippen LogP contribution in [0.3, 0.4) is 0 Å². The smallest absolute Gasteiger partial charge is 0.230 e. The highest BCUT2D eigenvalue weighted by atomic mass is 32.2. The van der Waals surface area contributed by atoms with Gasteiger partial charge in [0.15, 0.2) is 5.16 Å². The second-order valence-electron chi connectivity index (χ2n) is 8.23. The SMILES string of the molecule is CCOc1ccc(-n2c(Cc3ccccc3)nnc2SCC(=O)NCC(C)c2ccccc2)cc1. The number of hydrogen-bond acceptors (Lipinski definition) is 5. The van der Waals surface area contributed by atoms with E-state index in [1.807, 2.05) is 72.2 Å². The van der Waals surface area contributed by atoms with Crippen LogP contribution >= 0.6 is 11.8 Å². The van der Waals surface area contributed by atoms with E-state index in [0.29, 0.717) is 24.7 Å². The molecular formula is C28H30N4O2S. The van der Waals surface area contributed by atoms with E-state index in [1.165, 1.54) is 17.3 Å². The number of benzene rings is 3. The Morgan fingerprint density at radius 1 is 0.971 bits per heavy atom. The highest BCUT2D eigenvalue weighted by Gasteiger charge is 2.17. The van der Waals surface area contributed by atoms with Crippen LogP contribution in [-0.4, -0.2) is 39.6 Å². The first-order valence-corrected chi connectivity index (χ1v) is 12.8. The average molecular weight is 487 g/mol. The molecule has 0 aliphatic rings. The van der Waals surface area contributed by atoms with Crippen molar-refractivity contribution < 1.29 is 9.53 Å². The summed E-state index contributed by atoms with van der Waals surface area (Å²) in [6, 6.07) is 28.3. The lowest BCUT2D eigenvalue weighted by Crippen LogP contribution is -2.29. The molecule has 4 aromatic rings. The molecule has 0 aliphatic heterocycles. The maximum absolute atomic E-state index is 12.6. The van der Waals surface area contributed by atoms with Gasteiger partial charge in [0.05, 0.1) is 12.4 Å². The molecule has 180 valence electrons. The number of hydrogen-bond donors (Lipinski definition) is 1. The molecule has 0 saturated carbocycles. The minimum absolute atomic E-state index is 0.0244. The van der Waals surface area contributed by atoms with Crippen molar-refractivity contribution in [3.63, 3.8) is 0 Å². The van der Waals surface area contributed by atoms with Crippen LogP contribution in [0.2, 0.25) is 0 Å². The van der Waals surface area contributed by atoms with Crippen molar-refractivity contribution in [3.05, 3.63) is 102 Å². The number of nitrogens with one attached hydrogen (secondary N) is 1. The van der Waals surface area contributed by atoms with E-state index in [1.54, 1.807) is 0 Å². The van der Waals surface area contributed by atoms with Gasteiger partial charge in [-0.15, -0.1) is 10.2 Å². The molecule has 0 spiro atoms. The van der Waals surface area contributed by atoms with E-state index in [4.69, 9.17) is 4.74 Å². The molecule has 1 aromatic heterocycles. The summed E-state index contributed by atoms with van der Waals surface area (Å²) in [5.74, 6) is 2.12. The second kappa shape index (κ2) is 12.2. The number of aromatic nitrogens is 3. The first-order chi connectivity index (χ1) is 17.1. The quantitative estimate of drug-likeness (QED) is 0.293. The summed E-state index contributed by atoms with van der Waals surface area (Å²) in [6.07, 6.45) is 0.641. The fourth-order valence-electron chi connectivity index (χ4n) is 3.75. The number of amides is 1. The van der Waals surface area contributed by atoms with Crippen molar-refractivity contribution in [2.75, 3.05) is 18.9 Å². The molecule has 4 rings (SSSR count). The fraction of sp³-hybridized carbons (Fsp3) is 0.250. The van der Waals surface area contributed by atoms with Crippen molar-refractivity contribution in [2.24, 2.45) is 0 Å². The van der Waals surface area contributed by atoms with Crippen LogP contribution in [0.25, 0.3) is 5.69 Å². The Balaban J connectivity index is 1.46. The van der Waals surface area contributed by atoms with Crippen molar-refractivity contribution in [1.29, 1.82) is 0 Å². The summed E-state index contributed by atoms with van der Waals surface area (Å²) in [5.41, 5.74) is 3.29. The lowest BCUT2D eigenvalue weighted by Gasteiger charge is -2.13. The summed E-state index contributed by atoms with van der Waals surface area (Å²) in [5, 5.41) is 12.6. The molecule has 0 saturated heterocycles. The average Bonchev–Trinajstić information content (AvgIpc) is 3.30. The number of nitrogens with zero attached hydrogens (tertiary/aromatic N) is 3. The van der Waals surface area contributed by atoms with Gasteiger partial charge in [-0.25, -0.2) is 0 Å². The predicted molar refractivity (Wildman–Crippen MR) is 140 cm³/mol. The molecule has 6 nitrogen and oxygen atoms in total. The molecular weight excluding hydrogens is 456 g/mol. The molecule has 35 heavy (non-hydrogen) atoms. The minimum Gasteiger partial charge on any atom is -0.494 e. The Labute approximate surface area is 210 Å². The maximum atomic E-state index is 12.6. The van der Waals surface area contributed by atoms with Crippen LogP contribution in [0.5, 0.6) is 5.75 Å². The van der Waals surface area contributed by atoms with Gasteiger partial charge in [0, 0.05) is 18.7 Å². The molecule has 1 unspecified atom stereocenters. The highest BCUT2D eigenvalue weighted by Crippen LogP contribution is 2.25. The van der Waals surface area contributed by atoms with Crippen LogP contribution < -0.4 is 10.1 Å². The Kier molecular flexibility index (Phi) is 8.57. The summed E-state index contributed by atoms with van der Waals surface area (Å²) in [7, 11) is 0. The number of carbonyl (C=O) groups excluding carboxylic acids is 1. The van der Waals surface area contributed by atoms with E-state index in [0.717, 1.165) is 22.8 Å². The standard InChI is InChI=1S/C28H30N4O2S/c1-3-34-25-16-14-24(15-17-25)32-26(18-22-10-6-4-7-11-22)30-31-28(32)35-20-27(33)29-19-21(2)23-12-8-5-9-13-23/h4-17,21H,3,18-20H2,1-2H3,(H,29,33). The third-order valence-corrected chi connectivity index (χ3v) is 6.55. The zero-order valence-corrected chi connectivity index (χ0v) is 20.9. The Morgan fingerprint density at radius 2 is 1.66 bits per heavy atom. The number of rotatable bonds is 11. The highest BCUT2D eigenvalue weighted by molar-refractivity contribution is 7.99. The zero-order chi connectivity index (χ0) is 24.5. The first kappa shape index (κ1) is 24.5. The maximum Gasteiger partial charge on any atom is 0.230 e. The van der Waals surface area contributed by atoms with E-state index in [9.17, 15) is 4.79 Å². The van der Waals surface area contributed by atoms with Crippen LogP contribution in [0.4, 0.5) is 0 Å². The van der Waals surface area contributed by atoms with Crippen molar-refractivity contribution in [1.82, 2.24) is 20.1 Å². The van der Waals surface area contributed by atoms with Crippen molar-refractivity contribution in [3.8, 4) is 11.4 Å². The monoisotopic (exact) mass is 486 g/mol. The lowest BCUT2D eigenvalue weighted by atomic mass is 10.0. The van der Waals surface area contributed by atoms with Crippen LogP contribution in [0.1, 0.15) is 36.7 Å². The van der Waals surface area contributed by atoms with E-state index in [2.05, 4.69) is 46.7 Å². The first-order valence-electron chi connectivity index (χ1n) is 11.8. The van der Waals surface area contributed by atoms with Gasteiger partial charge in [-0.2, -0.15) is 0 Å². The number of carbonyl (C=O) groups is 1. The largest absolute Gasteiger partial charge is 0.494 e. The van der Waals surface area contributed by atoms with E-state index < -0.39 is 0 Å².